The summed E-state index contributed by atoms with van der Waals surface area (Å²) in [6, 6.07) is 7.07. The number of halogens is 1. The van der Waals surface area contributed by atoms with Crippen LogP contribution in [0.5, 0.6) is 0 Å². The van der Waals surface area contributed by atoms with Gasteiger partial charge >= 0.3 is 0 Å². The Morgan fingerprint density at radius 1 is 1.26 bits per heavy atom. The largest absolute Gasteiger partial charge is 0.356 e. The number of benzene rings is 1. The molecule has 27 heavy (non-hydrogen) atoms. The maximum absolute atomic E-state index is 13.0. The molecule has 1 heterocycles. The molecule has 1 aliphatic heterocycles. The molecule has 0 atom stereocenters. The standard InChI is InChI=1S/C20H32FN5O/c1-4-11-22-20(23-14-19(27)25(2)3)24-18-9-12-26(13-10-18)15-16-5-7-17(21)8-6-16/h5-8,18H,4,9-15H2,1-3H3,(H2,22,23,24). The van der Waals surface area contributed by atoms with Gasteiger partial charge in [-0.15, -0.1) is 0 Å². The number of piperidine rings is 1. The van der Waals surface area contributed by atoms with Gasteiger partial charge in [0.05, 0.1) is 0 Å². The van der Waals surface area contributed by atoms with Crippen LogP contribution in [-0.2, 0) is 11.3 Å². The lowest BCUT2D eigenvalue weighted by Gasteiger charge is -2.33. The number of hydrogen-bond acceptors (Lipinski definition) is 3. The summed E-state index contributed by atoms with van der Waals surface area (Å²) in [4.78, 5) is 20.1. The van der Waals surface area contributed by atoms with Gasteiger partial charge in [0, 0.05) is 46.3 Å². The smallest absolute Gasteiger partial charge is 0.243 e. The van der Waals surface area contributed by atoms with E-state index in [0.717, 1.165) is 51.0 Å². The quantitative estimate of drug-likeness (QED) is 0.562. The van der Waals surface area contributed by atoms with E-state index in [0.29, 0.717) is 12.0 Å². The normalized spacial score (nSPS) is 16.2. The first-order chi connectivity index (χ1) is 13.0. The third-order valence-corrected chi connectivity index (χ3v) is 4.66. The third-order valence-electron chi connectivity index (χ3n) is 4.66. The molecular formula is C20H32FN5O. The van der Waals surface area contributed by atoms with E-state index in [2.05, 4.69) is 27.4 Å². The van der Waals surface area contributed by atoms with Crippen LogP contribution in [0.15, 0.2) is 29.3 Å². The van der Waals surface area contributed by atoms with Crippen LogP contribution in [0.2, 0.25) is 0 Å². The second-order valence-corrected chi connectivity index (χ2v) is 7.20. The fourth-order valence-electron chi connectivity index (χ4n) is 2.96. The summed E-state index contributed by atoms with van der Waals surface area (Å²) in [6.07, 6.45) is 3.02. The van der Waals surface area contributed by atoms with E-state index in [-0.39, 0.29) is 18.3 Å². The Hall–Kier alpha value is -2.15. The molecule has 0 aromatic heterocycles. The van der Waals surface area contributed by atoms with Crippen molar-refractivity contribution in [1.82, 2.24) is 20.4 Å². The summed E-state index contributed by atoms with van der Waals surface area (Å²) in [7, 11) is 3.47. The van der Waals surface area contributed by atoms with E-state index in [1.807, 2.05) is 12.1 Å². The minimum atomic E-state index is -0.194. The molecule has 1 aliphatic rings. The number of guanidine groups is 1. The Morgan fingerprint density at radius 3 is 2.52 bits per heavy atom. The summed E-state index contributed by atoms with van der Waals surface area (Å²) in [5.41, 5.74) is 1.14. The lowest BCUT2D eigenvalue weighted by molar-refractivity contribution is -0.127. The molecule has 0 unspecified atom stereocenters. The van der Waals surface area contributed by atoms with E-state index in [4.69, 9.17) is 0 Å². The van der Waals surface area contributed by atoms with Gasteiger partial charge < -0.3 is 15.5 Å². The van der Waals surface area contributed by atoms with Gasteiger partial charge in [-0.05, 0) is 37.0 Å². The monoisotopic (exact) mass is 377 g/mol. The summed E-state index contributed by atoms with van der Waals surface area (Å²) in [5, 5.41) is 6.76. The highest BCUT2D eigenvalue weighted by molar-refractivity contribution is 5.84. The zero-order chi connectivity index (χ0) is 19.6. The number of rotatable bonds is 7. The molecule has 0 saturated carbocycles. The Kier molecular flexibility index (Phi) is 8.51. The Bertz CT molecular complexity index is 609. The second kappa shape index (κ2) is 10.9. The SMILES string of the molecule is CCCNC(=NCC(=O)N(C)C)NC1CCN(Cc2ccc(F)cc2)CC1. The van der Waals surface area contributed by atoms with E-state index in [1.165, 1.54) is 12.1 Å². The lowest BCUT2D eigenvalue weighted by Crippen LogP contribution is -2.49. The minimum absolute atomic E-state index is 0.0123. The van der Waals surface area contributed by atoms with Crippen LogP contribution in [0.1, 0.15) is 31.7 Å². The number of nitrogens with zero attached hydrogens (tertiary/aromatic N) is 3. The van der Waals surface area contributed by atoms with Crippen LogP contribution < -0.4 is 10.6 Å². The van der Waals surface area contributed by atoms with Crippen molar-refractivity contribution in [2.24, 2.45) is 4.99 Å². The van der Waals surface area contributed by atoms with Crippen molar-refractivity contribution in [3.63, 3.8) is 0 Å². The number of hydrogen-bond donors (Lipinski definition) is 2. The fourth-order valence-corrected chi connectivity index (χ4v) is 2.96. The van der Waals surface area contributed by atoms with Gasteiger partial charge in [-0.1, -0.05) is 19.1 Å². The number of carbonyl (C=O) groups excluding carboxylic acids is 1. The van der Waals surface area contributed by atoms with E-state index < -0.39 is 0 Å². The van der Waals surface area contributed by atoms with E-state index >= 15 is 0 Å². The summed E-state index contributed by atoms with van der Waals surface area (Å²) in [6.45, 7) is 5.88. The van der Waals surface area contributed by atoms with Gasteiger partial charge in [-0.3, -0.25) is 9.69 Å². The molecule has 6 nitrogen and oxygen atoms in total. The molecule has 0 aliphatic carbocycles. The predicted octanol–water partition coefficient (Wildman–Crippen LogP) is 1.82. The first-order valence-electron chi connectivity index (χ1n) is 9.69. The average Bonchev–Trinajstić information content (AvgIpc) is 2.66. The molecule has 1 aromatic rings. The van der Waals surface area contributed by atoms with Crippen molar-refractivity contribution in [1.29, 1.82) is 0 Å². The van der Waals surface area contributed by atoms with Gasteiger partial charge in [0.25, 0.3) is 0 Å². The van der Waals surface area contributed by atoms with Gasteiger partial charge in [0.2, 0.25) is 5.91 Å². The van der Waals surface area contributed by atoms with Crippen molar-refractivity contribution >= 4 is 11.9 Å². The van der Waals surface area contributed by atoms with E-state index in [1.54, 1.807) is 19.0 Å². The highest BCUT2D eigenvalue weighted by Crippen LogP contribution is 2.14. The molecule has 1 aromatic carbocycles. The highest BCUT2D eigenvalue weighted by Gasteiger charge is 2.20. The predicted molar refractivity (Wildman–Crippen MR) is 107 cm³/mol. The van der Waals surface area contributed by atoms with Crippen molar-refractivity contribution in [3.8, 4) is 0 Å². The first kappa shape index (κ1) is 21.2. The van der Waals surface area contributed by atoms with Crippen LogP contribution in [0, 0.1) is 5.82 Å². The molecule has 2 N–H and O–H groups in total. The number of amides is 1. The molecular weight excluding hydrogens is 345 g/mol. The molecule has 150 valence electrons. The van der Waals surface area contributed by atoms with Crippen molar-refractivity contribution in [3.05, 3.63) is 35.6 Å². The van der Waals surface area contributed by atoms with Crippen LogP contribution in [0.25, 0.3) is 0 Å². The van der Waals surface area contributed by atoms with Crippen LogP contribution in [0.4, 0.5) is 4.39 Å². The molecule has 0 radical (unpaired) electrons. The van der Waals surface area contributed by atoms with Crippen molar-refractivity contribution in [2.45, 2.75) is 38.8 Å². The maximum Gasteiger partial charge on any atom is 0.243 e. The number of aliphatic imine (C=N–C) groups is 1. The summed E-state index contributed by atoms with van der Waals surface area (Å²) >= 11 is 0. The number of nitrogens with one attached hydrogen (secondary N) is 2. The fraction of sp³-hybridized carbons (Fsp3) is 0.600. The van der Waals surface area contributed by atoms with Gasteiger partial charge in [-0.2, -0.15) is 0 Å². The molecule has 0 bridgehead atoms. The highest BCUT2D eigenvalue weighted by atomic mass is 19.1. The van der Waals surface area contributed by atoms with Crippen LogP contribution in [-0.4, -0.2) is 68.0 Å². The molecule has 1 saturated heterocycles. The van der Waals surface area contributed by atoms with Gasteiger partial charge in [-0.25, -0.2) is 9.38 Å². The Labute approximate surface area is 161 Å². The molecule has 7 heteroatoms. The molecule has 1 amide bonds. The number of likely N-dealkylation sites (tertiary alicyclic amines) is 1. The Morgan fingerprint density at radius 2 is 1.93 bits per heavy atom. The van der Waals surface area contributed by atoms with Crippen LogP contribution >= 0.6 is 0 Å². The first-order valence-corrected chi connectivity index (χ1v) is 9.69. The van der Waals surface area contributed by atoms with Crippen LogP contribution in [0.3, 0.4) is 0 Å². The average molecular weight is 378 g/mol. The van der Waals surface area contributed by atoms with Gasteiger partial charge in [0.1, 0.15) is 12.4 Å². The van der Waals surface area contributed by atoms with Crippen molar-refractivity contribution in [2.75, 3.05) is 40.3 Å². The second-order valence-electron chi connectivity index (χ2n) is 7.20. The zero-order valence-corrected chi connectivity index (χ0v) is 16.7. The maximum atomic E-state index is 13.0. The van der Waals surface area contributed by atoms with E-state index in [9.17, 15) is 9.18 Å². The molecule has 1 fully saturated rings. The number of carbonyl (C=O) groups is 1. The number of likely N-dealkylation sites (N-methyl/N-ethyl adjacent to an activating group) is 1. The Balaban J connectivity index is 1.82. The summed E-state index contributed by atoms with van der Waals surface area (Å²) in [5.74, 6) is 0.506. The minimum Gasteiger partial charge on any atom is -0.356 e. The van der Waals surface area contributed by atoms with Gasteiger partial charge in [0.15, 0.2) is 5.96 Å². The summed E-state index contributed by atoms with van der Waals surface area (Å²) < 4.78 is 13.0. The molecule has 0 spiro atoms. The topological polar surface area (TPSA) is 60.0 Å². The van der Waals surface area contributed by atoms with Crippen molar-refractivity contribution < 1.29 is 9.18 Å². The lowest BCUT2D eigenvalue weighted by atomic mass is 10.0. The zero-order valence-electron chi connectivity index (χ0n) is 16.7. The molecule has 2 rings (SSSR count). The third kappa shape index (κ3) is 7.54.